The van der Waals surface area contributed by atoms with E-state index in [-0.39, 0.29) is 11.6 Å². The van der Waals surface area contributed by atoms with Crippen LogP contribution in [-0.4, -0.2) is 41.8 Å². The first-order valence-electron chi connectivity index (χ1n) is 7.91. The summed E-state index contributed by atoms with van der Waals surface area (Å²) in [4.78, 5) is 19.7. The van der Waals surface area contributed by atoms with Crippen LogP contribution < -0.4 is 4.90 Å². The third kappa shape index (κ3) is 3.91. The van der Waals surface area contributed by atoms with Crippen LogP contribution in [0, 0.1) is 5.82 Å². The molecule has 1 saturated heterocycles. The molecule has 0 saturated carbocycles. The maximum atomic E-state index is 14.2. The lowest BCUT2D eigenvalue weighted by Gasteiger charge is -2.36. The molecular formula is C18H19ClFN3O. The van der Waals surface area contributed by atoms with Gasteiger partial charge in [-0.2, -0.15) is 0 Å². The quantitative estimate of drug-likeness (QED) is 0.627. The molecule has 4 nitrogen and oxygen atoms in total. The van der Waals surface area contributed by atoms with Gasteiger partial charge in [-0.15, -0.1) is 0 Å². The van der Waals surface area contributed by atoms with Crippen molar-refractivity contribution in [1.82, 2.24) is 9.88 Å². The summed E-state index contributed by atoms with van der Waals surface area (Å²) < 4.78 is 14.2. The summed E-state index contributed by atoms with van der Waals surface area (Å²) in [6, 6.07) is 8.47. The van der Waals surface area contributed by atoms with Crippen LogP contribution in [0.1, 0.15) is 22.8 Å². The smallest absolute Gasteiger partial charge is 0.159 e. The van der Waals surface area contributed by atoms with Crippen molar-refractivity contribution < 1.29 is 9.18 Å². The van der Waals surface area contributed by atoms with E-state index in [1.165, 1.54) is 13.0 Å². The van der Waals surface area contributed by atoms with E-state index < -0.39 is 0 Å². The van der Waals surface area contributed by atoms with Crippen molar-refractivity contribution >= 4 is 23.1 Å². The van der Waals surface area contributed by atoms with Crippen LogP contribution in [0.2, 0.25) is 5.15 Å². The predicted molar refractivity (Wildman–Crippen MR) is 93.1 cm³/mol. The van der Waals surface area contributed by atoms with E-state index in [2.05, 4.69) is 9.88 Å². The van der Waals surface area contributed by atoms with E-state index >= 15 is 0 Å². The number of hydrogen-bond acceptors (Lipinski definition) is 4. The average molecular weight is 348 g/mol. The molecule has 1 fully saturated rings. The highest BCUT2D eigenvalue weighted by atomic mass is 35.5. The van der Waals surface area contributed by atoms with Crippen molar-refractivity contribution in [1.29, 1.82) is 0 Å². The lowest BCUT2D eigenvalue weighted by molar-refractivity contribution is 0.101. The van der Waals surface area contributed by atoms with E-state index in [4.69, 9.17) is 11.6 Å². The maximum absolute atomic E-state index is 14.2. The number of anilines is 1. The van der Waals surface area contributed by atoms with Crippen molar-refractivity contribution in [3.8, 4) is 0 Å². The molecule has 126 valence electrons. The number of Topliss-reactive ketones (excluding diaryl/α,β-unsaturated/α-hetero) is 1. The molecule has 0 bridgehead atoms. The molecule has 0 atom stereocenters. The topological polar surface area (TPSA) is 36.4 Å². The van der Waals surface area contributed by atoms with Gasteiger partial charge < -0.3 is 4.90 Å². The molecule has 1 aromatic heterocycles. The molecule has 1 aromatic carbocycles. The van der Waals surface area contributed by atoms with E-state index in [1.807, 2.05) is 11.0 Å². The minimum absolute atomic E-state index is 0.123. The SMILES string of the molecule is CC(=O)c1ccc(N2CCN(Cc3ccc(Cl)nc3)CC2)c(F)c1. The van der Waals surface area contributed by atoms with Gasteiger partial charge in [-0.25, -0.2) is 9.37 Å². The van der Waals surface area contributed by atoms with Gasteiger partial charge in [-0.3, -0.25) is 9.69 Å². The second kappa shape index (κ2) is 7.28. The van der Waals surface area contributed by atoms with Crippen molar-refractivity contribution in [3.05, 3.63) is 58.6 Å². The fraction of sp³-hybridized carbons (Fsp3) is 0.333. The molecule has 0 amide bonds. The van der Waals surface area contributed by atoms with Crippen LogP contribution in [0.4, 0.5) is 10.1 Å². The number of aromatic nitrogens is 1. The van der Waals surface area contributed by atoms with Gasteiger partial charge in [0.15, 0.2) is 5.78 Å². The number of benzene rings is 1. The Morgan fingerprint density at radius 1 is 1.21 bits per heavy atom. The summed E-state index contributed by atoms with van der Waals surface area (Å²) in [5, 5.41) is 0.494. The highest BCUT2D eigenvalue weighted by Crippen LogP contribution is 2.22. The van der Waals surface area contributed by atoms with Crippen molar-refractivity contribution in [2.24, 2.45) is 0 Å². The van der Waals surface area contributed by atoms with Gasteiger partial charge in [0.2, 0.25) is 0 Å². The van der Waals surface area contributed by atoms with Gasteiger partial charge >= 0.3 is 0 Å². The summed E-state index contributed by atoms with van der Waals surface area (Å²) in [5.74, 6) is -0.458. The third-order valence-electron chi connectivity index (χ3n) is 4.26. The Morgan fingerprint density at radius 3 is 2.54 bits per heavy atom. The molecule has 2 aromatic rings. The first-order valence-corrected chi connectivity index (χ1v) is 8.29. The van der Waals surface area contributed by atoms with E-state index in [0.29, 0.717) is 16.4 Å². The number of hydrogen-bond donors (Lipinski definition) is 0. The summed E-state index contributed by atoms with van der Waals surface area (Å²) in [6.07, 6.45) is 1.79. The first-order chi connectivity index (χ1) is 11.5. The molecule has 24 heavy (non-hydrogen) atoms. The highest BCUT2D eigenvalue weighted by Gasteiger charge is 2.20. The number of ketones is 1. The van der Waals surface area contributed by atoms with Crippen molar-refractivity contribution in [2.45, 2.75) is 13.5 Å². The number of carbonyl (C=O) groups excluding carboxylic acids is 1. The molecule has 1 aliphatic heterocycles. The van der Waals surface area contributed by atoms with E-state index in [1.54, 1.807) is 24.4 Å². The molecule has 0 radical (unpaired) electrons. The summed E-state index contributed by atoms with van der Waals surface area (Å²) >= 11 is 5.80. The lowest BCUT2D eigenvalue weighted by atomic mass is 10.1. The number of rotatable bonds is 4. The number of nitrogens with zero attached hydrogens (tertiary/aromatic N) is 3. The standard InChI is InChI=1S/C18H19ClFN3O/c1-13(24)15-3-4-17(16(20)10-15)23-8-6-22(7-9-23)12-14-2-5-18(19)21-11-14/h2-5,10-11H,6-9,12H2,1H3. The Morgan fingerprint density at radius 2 is 1.96 bits per heavy atom. The Bertz CT molecular complexity index is 728. The van der Waals surface area contributed by atoms with Crippen LogP contribution in [0.5, 0.6) is 0 Å². The number of halogens is 2. The summed E-state index contributed by atoms with van der Waals surface area (Å²) in [7, 11) is 0. The second-order valence-corrected chi connectivity index (χ2v) is 6.36. The Kier molecular flexibility index (Phi) is 5.11. The zero-order valence-corrected chi connectivity index (χ0v) is 14.3. The number of pyridine rings is 1. The molecular weight excluding hydrogens is 329 g/mol. The average Bonchev–Trinajstić information content (AvgIpc) is 2.58. The largest absolute Gasteiger partial charge is 0.367 e. The molecule has 0 N–H and O–H groups in total. The normalized spacial score (nSPS) is 15.5. The number of piperazine rings is 1. The van der Waals surface area contributed by atoms with Crippen LogP contribution in [0.15, 0.2) is 36.5 Å². The zero-order valence-electron chi connectivity index (χ0n) is 13.5. The van der Waals surface area contributed by atoms with Gasteiger partial charge in [-0.1, -0.05) is 17.7 Å². The Hall–Kier alpha value is -1.98. The molecule has 0 spiro atoms. The van der Waals surface area contributed by atoms with Crippen LogP contribution in [-0.2, 0) is 6.54 Å². The molecule has 0 aliphatic carbocycles. The van der Waals surface area contributed by atoms with Crippen molar-refractivity contribution in [3.63, 3.8) is 0 Å². The van der Waals surface area contributed by atoms with Crippen LogP contribution in [0.25, 0.3) is 0 Å². The highest BCUT2D eigenvalue weighted by molar-refractivity contribution is 6.29. The van der Waals surface area contributed by atoms with Gasteiger partial charge in [-0.05, 0) is 36.8 Å². The van der Waals surface area contributed by atoms with Crippen LogP contribution >= 0.6 is 11.6 Å². The van der Waals surface area contributed by atoms with Gasteiger partial charge in [0.25, 0.3) is 0 Å². The minimum atomic E-state index is -0.335. The minimum Gasteiger partial charge on any atom is -0.367 e. The lowest BCUT2D eigenvalue weighted by Crippen LogP contribution is -2.46. The monoisotopic (exact) mass is 347 g/mol. The number of carbonyl (C=O) groups is 1. The molecule has 1 aliphatic rings. The van der Waals surface area contributed by atoms with Gasteiger partial charge in [0.05, 0.1) is 5.69 Å². The zero-order chi connectivity index (χ0) is 17.1. The summed E-state index contributed by atoms with van der Waals surface area (Å²) in [5.41, 5.74) is 2.09. The van der Waals surface area contributed by atoms with Crippen molar-refractivity contribution in [2.75, 3.05) is 31.1 Å². The molecule has 3 rings (SSSR count). The molecule has 6 heteroatoms. The predicted octanol–water partition coefficient (Wildman–Crippen LogP) is 3.40. The van der Waals surface area contributed by atoms with E-state index in [0.717, 1.165) is 38.3 Å². The Balaban J connectivity index is 1.60. The third-order valence-corrected chi connectivity index (χ3v) is 4.49. The van der Waals surface area contributed by atoms with E-state index in [9.17, 15) is 9.18 Å². The maximum Gasteiger partial charge on any atom is 0.159 e. The fourth-order valence-electron chi connectivity index (χ4n) is 2.89. The Labute approximate surface area is 145 Å². The van der Waals surface area contributed by atoms with Gasteiger partial charge in [0, 0.05) is 44.5 Å². The summed E-state index contributed by atoms with van der Waals surface area (Å²) in [6.45, 7) is 5.43. The molecule has 0 unspecified atom stereocenters. The fourth-order valence-corrected chi connectivity index (χ4v) is 3.00. The first kappa shape index (κ1) is 16.9. The molecule has 2 heterocycles. The van der Waals surface area contributed by atoms with Gasteiger partial charge in [0.1, 0.15) is 11.0 Å². The second-order valence-electron chi connectivity index (χ2n) is 5.97. The van der Waals surface area contributed by atoms with Crippen LogP contribution in [0.3, 0.4) is 0 Å².